The highest BCUT2D eigenvalue weighted by Crippen LogP contribution is 2.19. The minimum absolute atomic E-state index is 0.0196. The Balaban J connectivity index is 1.90. The number of nitrogens with one attached hydrogen (secondary N) is 2. The molecular formula is C18H17ClFN3O2. The molecule has 130 valence electrons. The van der Waals surface area contributed by atoms with Crippen molar-refractivity contribution in [2.24, 2.45) is 5.10 Å². The van der Waals surface area contributed by atoms with E-state index in [1.807, 2.05) is 6.92 Å². The van der Waals surface area contributed by atoms with Crippen LogP contribution in [0, 0.1) is 12.7 Å². The Bertz CT molecular complexity index is 820. The van der Waals surface area contributed by atoms with Crippen molar-refractivity contribution in [3.8, 4) is 0 Å². The summed E-state index contributed by atoms with van der Waals surface area (Å²) in [4.78, 5) is 23.9. The van der Waals surface area contributed by atoms with Crippen molar-refractivity contribution in [2.45, 2.75) is 20.3 Å². The third-order valence-corrected chi connectivity index (χ3v) is 3.57. The zero-order chi connectivity index (χ0) is 18.4. The van der Waals surface area contributed by atoms with Crippen LogP contribution in [0.5, 0.6) is 0 Å². The van der Waals surface area contributed by atoms with Gasteiger partial charge in [0.05, 0.1) is 6.42 Å². The van der Waals surface area contributed by atoms with Crippen LogP contribution in [-0.2, 0) is 4.79 Å². The van der Waals surface area contributed by atoms with E-state index in [1.165, 1.54) is 24.3 Å². The number of aryl methyl sites for hydroxylation is 1. The molecule has 0 aliphatic carbocycles. The summed E-state index contributed by atoms with van der Waals surface area (Å²) in [6.07, 6.45) is 0.0196. The highest BCUT2D eigenvalue weighted by atomic mass is 35.5. The van der Waals surface area contributed by atoms with E-state index in [0.717, 1.165) is 5.56 Å². The van der Waals surface area contributed by atoms with Crippen molar-refractivity contribution in [3.05, 3.63) is 64.4 Å². The van der Waals surface area contributed by atoms with Crippen molar-refractivity contribution >= 4 is 34.8 Å². The van der Waals surface area contributed by atoms with Crippen LogP contribution >= 0.6 is 11.6 Å². The van der Waals surface area contributed by atoms with Gasteiger partial charge in [0.2, 0.25) is 5.91 Å². The second-order valence-corrected chi connectivity index (χ2v) is 5.92. The molecule has 2 aromatic rings. The molecule has 0 radical (unpaired) electrons. The zero-order valence-electron chi connectivity index (χ0n) is 13.8. The second-order valence-electron chi connectivity index (χ2n) is 5.48. The zero-order valence-corrected chi connectivity index (χ0v) is 14.5. The first kappa shape index (κ1) is 18.6. The number of halogens is 2. The quantitative estimate of drug-likeness (QED) is 0.626. The Kier molecular flexibility index (Phi) is 6.25. The molecule has 0 bridgehead atoms. The summed E-state index contributed by atoms with van der Waals surface area (Å²) in [7, 11) is 0. The first-order chi connectivity index (χ1) is 11.8. The number of hydrazone groups is 1. The van der Waals surface area contributed by atoms with Gasteiger partial charge in [-0.2, -0.15) is 5.10 Å². The summed E-state index contributed by atoms with van der Waals surface area (Å²) in [5, 5.41) is 7.24. The maximum Gasteiger partial charge on any atom is 0.271 e. The Hall–Kier alpha value is -2.73. The molecule has 2 amide bonds. The molecule has 0 saturated heterocycles. The summed E-state index contributed by atoms with van der Waals surface area (Å²) < 4.78 is 12.8. The molecule has 0 aliphatic rings. The van der Waals surface area contributed by atoms with Crippen LogP contribution in [0.1, 0.15) is 29.3 Å². The van der Waals surface area contributed by atoms with Gasteiger partial charge in [0.15, 0.2) is 0 Å². The van der Waals surface area contributed by atoms with Crippen molar-refractivity contribution in [2.75, 3.05) is 5.32 Å². The van der Waals surface area contributed by atoms with Crippen molar-refractivity contribution in [3.63, 3.8) is 0 Å². The van der Waals surface area contributed by atoms with Crippen LogP contribution in [0.15, 0.2) is 47.6 Å². The largest absolute Gasteiger partial charge is 0.326 e. The first-order valence-corrected chi connectivity index (χ1v) is 7.88. The van der Waals surface area contributed by atoms with Gasteiger partial charge in [0.25, 0.3) is 5.91 Å². The summed E-state index contributed by atoms with van der Waals surface area (Å²) >= 11 is 5.88. The number of benzene rings is 2. The maximum absolute atomic E-state index is 12.8. The van der Waals surface area contributed by atoms with Gasteiger partial charge in [-0.1, -0.05) is 11.6 Å². The van der Waals surface area contributed by atoms with Gasteiger partial charge in [-0.15, -0.1) is 0 Å². The predicted octanol–water partition coefficient (Wildman–Crippen LogP) is 3.92. The molecule has 0 aromatic heterocycles. The lowest BCUT2D eigenvalue weighted by molar-refractivity contribution is -0.115. The monoisotopic (exact) mass is 361 g/mol. The van der Waals surface area contributed by atoms with E-state index in [9.17, 15) is 14.0 Å². The molecule has 0 aliphatic heterocycles. The Labute approximate surface area is 149 Å². The van der Waals surface area contributed by atoms with Crippen LogP contribution in [-0.4, -0.2) is 17.5 Å². The fourth-order valence-corrected chi connectivity index (χ4v) is 2.27. The van der Waals surface area contributed by atoms with Crippen LogP contribution in [0.2, 0.25) is 5.02 Å². The number of amides is 2. The molecule has 0 atom stereocenters. The standard InChI is InChI=1S/C18H17ClFN3O2/c1-11-9-14(19)5-8-16(11)21-17(24)10-12(2)22-23-18(25)13-3-6-15(20)7-4-13/h3-9H,10H2,1-2H3,(H,21,24)(H,23,25). The molecular weight excluding hydrogens is 345 g/mol. The van der Waals surface area contributed by atoms with Gasteiger partial charge in [-0.05, 0) is 61.9 Å². The highest BCUT2D eigenvalue weighted by molar-refractivity contribution is 6.30. The lowest BCUT2D eigenvalue weighted by atomic mass is 10.2. The number of anilines is 1. The molecule has 5 nitrogen and oxygen atoms in total. The van der Waals surface area contributed by atoms with Gasteiger partial charge in [0.1, 0.15) is 5.82 Å². The van der Waals surface area contributed by atoms with E-state index in [0.29, 0.717) is 16.4 Å². The Morgan fingerprint density at radius 3 is 2.48 bits per heavy atom. The Morgan fingerprint density at radius 1 is 1.16 bits per heavy atom. The molecule has 2 aromatic carbocycles. The average molecular weight is 362 g/mol. The minimum Gasteiger partial charge on any atom is -0.326 e. The first-order valence-electron chi connectivity index (χ1n) is 7.50. The highest BCUT2D eigenvalue weighted by Gasteiger charge is 2.08. The van der Waals surface area contributed by atoms with Gasteiger partial charge in [-0.25, -0.2) is 9.82 Å². The molecule has 2 rings (SSSR count). The van der Waals surface area contributed by atoms with E-state index in [-0.39, 0.29) is 17.9 Å². The van der Waals surface area contributed by atoms with Crippen molar-refractivity contribution in [1.29, 1.82) is 0 Å². The topological polar surface area (TPSA) is 70.6 Å². The maximum atomic E-state index is 12.8. The summed E-state index contributed by atoms with van der Waals surface area (Å²) in [6, 6.07) is 10.2. The van der Waals surface area contributed by atoms with Gasteiger partial charge < -0.3 is 5.32 Å². The lowest BCUT2D eigenvalue weighted by Gasteiger charge is -2.08. The number of carbonyl (C=O) groups is 2. The number of nitrogens with zero attached hydrogens (tertiary/aromatic N) is 1. The van der Waals surface area contributed by atoms with E-state index in [2.05, 4.69) is 15.8 Å². The van der Waals surface area contributed by atoms with E-state index in [1.54, 1.807) is 25.1 Å². The van der Waals surface area contributed by atoms with E-state index < -0.39 is 11.7 Å². The van der Waals surface area contributed by atoms with E-state index in [4.69, 9.17) is 11.6 Å². The normalized spacial score (nSPS) is 11.1. The predicted molar refractivity (Wildman–Crippen MR) is 96.4 cm³/mol. The summed E-state index contributed by atoms with van der Waals surface area (Å²) in [5.41, 5.74) is 4.55. The van der Waals surface area contributed by atoms with Crippen molar-refractivity contribution < 1.29 is 14.0 Å². The molecule has 0 heterocycles. The number of hydrogen-bond donors (Lipinski definition) is 2. The molecule has 7 heteroatoms. The third-order valence-electron chi connectivity index (χ3n) is 3.33. The average Bonchev–Trinajstić information content (AvgIpc) is 2.56. The molecule has 0 fully saturated rings. The van der Waals surface area contributed by atoms with Crippen LogP contribution in [0.4, 0.5) is 10.1 Å². The van der Waals surface area contributed by atoms with Gasteiger partial charge in [-0.3, -0.25) is 9.59 Å². The van der Waals surface area contributed by atoms with Crippen LogP contribution in [0.25, 0.3) is 0 Å². The van der Waals surface area contributed by atoms with Gasteiger partial charge >= 0.3 is 0 Å². The third kappa shape index (κ3) is 5.69. The van der Waals surface area contributed by atoms with Gasteiger partial charge in [0, 0.05) is 22.0 Å². The fourth-order valence-electron chi connectivity index (χ4n) is 2.05. The minimum atomic E-state index is -0.478. The molecule has 2 N–H and O–H groups in total. The Morgan fingerprint density at radius 2 is 1.84 bits per heavy atom. The fraction of sp³-hybridized carbons (Fsp3) is 0.167. The number of rotatable bonds is 5. The molecule has 0 spiro atoms. The van der Waals surface area contributed by atoms with E-state index >= 15 is 0 Å². The number of carbonyl (C=O) groups excluding carboxylic acids is 2. The SMILES string of the molecule is CC(CC(=O)Nc1ccc(Cl)cc1C)=NNC(=O)c1ccc(F)cc1. The molecule has 0 saturated carbocycles. The van der Waals surface area contributed by atoms with Crippen LogP contribution in [0.3, 0.4) is 0 Å². The lowest BCUT2D eigenvalue weighted by Crippen LogP contribution is -2.21. The molecule has 0 unspecified atom stereocenters. The van der Waals surface area contributed by atoms with Crippen molar-refractivity contribution in [1.82, 2.24) is 5.43 Å². The molecule has 25 heavy (non-hydrogen) atoms. The summed E-state index contributed by atoms with van der Waals surface area (Å²) in [5.74, 6) is -1.17. The smallest absolute Gasteiger partial charge is 0.271 e. The summed E-state index contributed by atoms with van der Waals surface area (Å²) in [6.45, 7) is 3.46. The van der Waals surface area contributed by atoms with Crippen LogP contribution < -0.4 is 10.7 Å². The second kappa shape index (κ2) is 8.39. The number of hydrogen-bond acceptors (Lipinski definition) is 3.